The lowest BCUT2D eigenvalue weighted by atomic mass is 10.1. The highest BCUT2D eigenvalue weighted by atomic mass is 16.5. The zero-order valence-electron chi connectivity index (χ0n) is 17.1. The molecule has 2 rings (SSSR count). The first kappa shape index (κ1) is 21.9. The van der Waals surface area contributed by atoms with Crippen LogP contribution in [0, 0.1) is 20.8 Å². The third-order valence-electron chi connectivity index (χ3n) is 4.28. The van der Waals surface area contributed by atoms with Crippen molar-refractivity contribution in [2.24, 2.45) is 0 Å². The molecule has 2 aromatic rings. The molecule has 154 valence electrons. The number of aryl methyl sites for hydroxylation is 3. The summed E-state index contributed by atoms with van der Waals surface area (Å²) in [5.74, 6) is -0.883. The number of carbonyl (C=O) groups is 3. The van der Waals surface area contributed by atoms with Crippen molar-refractivity contribution in [2.45, 2.75) is 27.2 Å². The minimum atomic E-state index is -0.556. The summed E-state index contributed by atoms with van der Waals surface area (Å²) in [5.41, 5.74) is 4.42. The third-order valence-corrected chi connectivity index (χ3v) is 4.28. The number of ether oxygens (including phenoxy) is 2. The van der Waals surface area contributed by atoms with Crippen molar-refractivity contribution in [1.29, 1.82) is 0 Å². The molecule has 2 aromatic carbocycles. The van der Waals surface area contributed by atoms with Gasteiger partial charge in [0.15, 0.2) is 6.61 Å². The van der Waals surface area contributed by atoms with Gasteiger partial charge in [0.25, 0.3) is 5.91 Å². The first-order chi connectivity index (χ1) is 13.8. The topological polar surface area (TPSA) is 93.7 Å². The van der Waals surface area contributed by atoms with Gasteiger partial charge in [0.1, 0.15) is 5.75 Å². The Hall–Kier alpha value is -3.35. The van der Waals surface area contributed by atoms with Gasteiger partial charge >= 0.3 is 5.97 Å². The van der Waals surface area contributed by atoms with Gasteiger partial charge in [-0.1, -0.05) is 35.9 Å². The zero-order chi connectivity index (χ0) is 21.4. The predicted octanol–water partition coefficient (Wildman–Crippen LogP) is 2.46. The van der Waals surface area contributed by atoms with Crippen molar-refractivity contribution in [3.05, 3.63) is 58.7 Å². The fraction of sp³-hybridized carbons (Fsp3) is 0.318. The standard InChI is InChI=1S/C22H26N2O5/c1-14-9-15(2)22(16(3)10-14)24-19(25)12-23-20(26)13-29-21(27)11-17-7-5-6-8-18(17)28-4/h5-10H,11-13H2,1-4H3,(H,23,26)(H,24,25). The number of hydrogen-bond donors (Lipinski definition) is 2. The van der Waals surface area contributed by atoms with Crippen LogP contribution in [0.25, 0.3) is 0 Å². The Morgan fingerprint density at radius 1 is 0.966 bits per heavy atom. The predicted molar refractivity (Wildman–Crippen MR) is 110 cm³/mol. The number of rotatable bonds is 8. The van der Waals surface area contributed by atoms with Gasteiger partial charge in [0.2, 0.25) is 5.91 Å². The number of carbonyl (C=O) groups excluding carboxylic acids is 3. The molecule has 2 amide bonds. The number of methoxy groups -OCH3 is 1. The summed E-state index contributed by atoms with van der Waals surface area (Å²) in [6.07, 6.45) is -0.0102. The lowest BCUT2D eigenvalue weighted by Crippen LogP contribution is -2.36. The number of nitrogens with one attached hydrogen (secondary N) is 2. The minimum Gasteiger partial charge on any atom is -0.496 e. The molecule has 0 aromatic heterocycles. The molecule has 0 atom stereocenters. The molecule has 0 aliphatic heterocycles. The van der Waals surface area contributed by atoms with E-state index in [1.165, 1.54) is 7.11 Å². The summed E-state index contributed by atoms with van der Waals surface area (Å²) in [4.78, 5) is 35.9. The Morgan fingerprint density at radius 3 is 2.28 bits per heavy atom. The van der Waals surface area contributed by atoms with Gasteiger partial charge in [-0.3, -0.25) is 14.4 Å². The van der Waals surface area contributed by atoms with Gasteiger partial charge in [-0.2, -0.15) is 0 Å². The maximum absolute atomic E-state index is 12.1. The number of hydrogen-bond acceptors (Lipinski definition) is 5. The Labute approximate surface area is 170 Å². The van der Waals surface area contributed by atoms with Crippen LogP contribution in [0.3, 0.4) is 0 Å². The molecule has 0 unspecified atom stereocenters. The average molecular weight is 398 g/mol. The normalized spacial score (nSPS) is 10.2. The van der Waals surface area contributed by atoms with Gasteiger partial charge < -0.3 is 20.1 Å². The third kappa shape index (κ3) is 6.64. The fourth-order valence-electron chi connectivity index (χ4n) is 2.99. The van der Waals surface area contributed by atoms with Crippen LogP contribution >= 0.6 is 0 Å². The van der Waals surface area contributed by atoms with E-state index in [4.69, 9.17) is 9.47 Å². The highest BCUT2D eigenvalue weighted by Gasteiger charge is 2.13. The highest BCUT2D eigenvalue weighted by Crippen LogP contribution is 2.21. The number of benzene rings is 2. The highest BCUT2D eigenvalue weighted by molar-refractivity contribution is 5.96. The van der Waals surface area contributed by atoms with E-state index in [1.807, 2.05) is 32.9 Å². The van der Waals surface area contributed by atoms with Crippen LogP contribution < -0.4 is 15.4 Å². The first-order valence-electron chi connectivity index (χ1n) is 9.22. The minimum absolute atomic E-state index is 0.0102. The Balaban J connectivity index is 1.77. The van der Waals surface area contributed by atoms with E-state index in [0.717, 1.165) is 22.4 Å². The van der Waals surface area contributed by atoms with Crippen LogP contribution in [0.4, 0.5) is 5.69 Å². The molecule has 0 aliphatic rings. The number of anilines is 1. The van der Waals surface area contributed by atoms with E-state index in [9.17, 15) is 14.4 Å². The molecule has 2 N–H and O–H groups in total. The van der Waals surface area contributed by atoms with E-state index >= 15 is 0 Å². The maximum Gasteiger partial charge on any atom is 0.310 e. The summed E-state index contributed by atoms with van der Waals surface area (Å²) in [6, 6.07) is 11.0. The van der Waals surface area contributed by atoms with Gasteiger partial charge in [-0.05, 0) is 38.0 Å². The van der Waals surface area contributed by atoms with Gasteiger partial charge in [0.05, 0.1) is 20.1 Å². The Morgan fingerprint density at radius 2 is 1.62 bits per heavy atom. The maximum atomic E-state index is 12.1. The van der Waals surface area contributed by atoms with E-state index in [-0.39, 0.29) is 18.9 Å². The van der Waals surface area contributed by atoms with Crippen molar-refractivity contribution >= 4 is 23.5 Å². The molecule has 7 heteroatoms. The summed E-state index contributed by atoms with van der Waals surface area (Å²) in [7, 11) is 1.52. The molecule has 7 nitrogen and oxygen atoms in total. The van der Waals surface area contributed by atoms with Crippen molar-refractivity contribution in [1.82, 2.24) is 5.32 Å². The molecule has 0 saturated heterocycles. The zero-order valence-corrected chi connectivity index (χ0v) is 17.1. The van der Waals surface area contributed by atoms with Gasteiger partial charge in [0, 0.05) is 11.3 Å². The Kier molecular flexibility index (Phi) is 7.77. The van der Waals surface area contributed by atoms with Gasteiger partial charge in [-0.25, -0.2) is 0 Å². The van der Waals surface area contributed by atoms with Crippen molar-refractivity contribution in [3.8, 4) is 5.75 Å². The summed E-state index contributed by atoms with van der Waals surface area (Å²) in [5, 5.41) is 5.24. The quantitative estimate of drug-likeness (QED) is 0.666. The molecule has 0 heterocycles. The molecule has 0 bridgehead atoms. The number of esters is 1. The van der Waals surface area contributed by atoms with Crippen molar-refractivity contribution in [2.75, 3.05) is 25.6 Å². The molecule has 0 radical (unpaired) electrons. The van der Waals surface area contributed by atoms with E-state index < -0.39 is 18.5 Å². The SMILES string of the molecule is COc1ccccc1CC(=O)OCC(=O)NCC(=O)Nc1c(C)cc(C)cc1C. The van der Waals surface area contributed by atoms with Crippen LogP contribution in [0.2, 0.25) is 0 Å². The van der Waals surface area contributed by atoms with Crippen LogP contribution in [0.1, 0.15) is 22.3 Å². The molecular weight excluding hydrogens is 372 g/mol. The molecular formula is C22H26N2O5. The van der Waals surface area contributed by atoms with Crippen molar-refractivity contribution < 1.29 is 23.9 Å². The average Bonchev–Trinajstić information content (AvgIpc) is 2.68. The van der Waals surface area contributed by atoms with E-state index in [0.29, 0.717) is 11.3 Å². The molecule has 0 fully saturated rings. The second kappa shape index (κ2) is 10.3. The summed E-state index contributed by atoms with van der Waals surface area (Å²) >= 11 is 0. The number of amides is 2. The molecule has 0 aliphatic carbocycles. The van der Waals surface area contributed by atoms with E-state index in [2.05, 4.69) is 10.6 Å². The van der Waals surface area contributed by atoms with Gasteiger partial charge in [-0.15, -0.1) is 0 Å². The van der Waals surface area contributed by atoms with Crippen LogP contribution in [0.15, 0.2) is 36.4 Å². The second-order valence-electron chi connectivity index (χ2n) is 6.75. The van der Waals surface area contributed by atoms with E-state index in [1.54, 1.807) is 24.3 Å². The van der Waals surface area contributed by atoms with Crippen LogP contribution in [-0.4, -0.2) is 38.0 Å². The first-order valence-corrected chi connectivity index (χ1v) is 9.22. The second-order valence-corrected chi connectivity index (χ2v) is 6.75. The lowest BCUT2D eigenvalue weighted by molar-refractivity contribution is -0.147. The largest absolute Gasteiger partial charge is 0.496 e. The molecule has 29 heavy (non-hydrogen) atoms. The van der Waals surface area contributed by atoms with Crippen LogP contribution in [-0.2, 0) is 25.5 Å². The smallest absolute Gasteiger partial charge is 0.310 e. The fourth-order valence-corrected chi connectivity index (χ4v) is 2.99. The summed E-state index contributed by atoms with van der Waals surface area (Å²) in [6.45, 7) is 5.14. The molecule has 0 saturated carbocycles. The molecule has 0 spiro atoms. The lowest BCUT2D eigenvalue weighted by Gasteiger charge is -2.13. The summed E-state index contributed by atoms with van der Waals surface area (Å²) < 4.78 is 10.1. The monoisotopic (exact) mass is 398 g/mol. The number of para-hydroxylation sites is 1. The van der Waals surface area contributed by atoms with Crippen LogP contribution in [0.5, 0.6) is 5.75 Å². The Bertz CT molecular complexity index is 885. The van der Waals surface area contributed by atoms with Crippen molar-refractivity contribution in [3.63, 3.8) is 0 Å².